The standard InChI is InChI=1S/C17H23ClN2O3/c1-16(2,3)23-15(22)20-9-6-17(4,7-10-20)14(21)12-5-8-19-11-13(12)18/h5,8,11H,6-7,9-10H2,1-4H3. The van der Waals surface area contributed by atoms with Crippen molar-refractivity contribution >= 4 is 23.5 Å². The molecule has 0 N–H and O–H groups in total. The van der Waals surface area contributed by atoms with Crippen LogP contribution in [-0.2, 0) is 4.74 Å². The molecule has 126 valence electrons. The molecule has 0 spiro atoms. The molecular weight excluding hydrogens is 316 g/mol. The average Bonchev–Trinajstić information content (AvgIpc) is 2.46. The van der Waals surface area contributed by atoms with Crippen molar-refractivity contribution in [3.63, 3.8) is 0 Å². The van der Waals surface area contributed by atoms with Crippen LogP contribution in [0.5, 0.6) is 0 Å². The molecule has 1 aromatic rings. The van der Waals surface area contributed by atoms with Crippen molar-refractivity contribution in [1.29, 1.82) is 0 Å². The maximum Gasteiger partial charge on any atom is 0.410 e. The second kappa shape index (κ2) is 6.48. The maximum atomic E-state index is 12.8. The van der Waals surface area contributed by atoms with Crippen LogP contribution in [0.3, 0.4) is 0 Å². The highest BCUT2D eigenvalue weighted by Crippen LogP contribution is 2.36. The number of Topliss-reactive ketones (excluding diaryl/α,β-unsaturated/α-hetero) is 1. The van der Waals surface area contributed by atoms with E-state index in [9.17, 15) is 9.59 Å². The van der Waals surface area contributed by atoms with Gasteiger partial charge >= 0.3 is 6.09 Å². The summed E-state index contributed by atoms with van der Waals surface area (Å²) in [4.78, 5) is 30.5. The number of ketones is 1. The van der Waals surface area contributed by atoms with Crippen LogP contribution < -0.4 is 0 Å². The number of halogens is 1. The number of pyridine rings is 1. The van der Waals surface area contributed by atoms with E-state index >= 15 is 0 Å². The van der Waals surface area contributed by atoms with E-state index < -0.39 is 11.0 Å². The van der Waals surface area contributed by atoms with E-state index in [4.69, 9.17) is 16.3 Å². The molecule has 0 unspecified atom stereocenters. The lowest BCUT2D eigenvalue weighted by atomic mass is 9.74. The van der Waals surface area contributed by atoms with E-state index in [0.29, 0.717) is 36.5 Å². The van der Waals surface area contributed by atoms with Crippen molar-refractivity contribution in [2.24, 2.45) is 5.41 Å². The number of carbonyl (C=O) groups excluding carboxylic acids is 2. The Kier molecular flexibility index (Phi) is 4.99. The summed E-state index contributed by atoms with van der Waals surface area (Å²) in [7, 11) is 0. The molecule has 0 bridgehead atoms. The molecule has 5 nitrogen and oxygen atoms in total. The number of carbonyl (C=O) groups is 2. The molecule has 0 atom stereocenters. The molecule has 1 aliphatic rings. The number of rotatable bonds is 2. The highest BCUT2D eigenvalue weighted by molar-refractivity contribution is 6.34. The third-order valence-corrected chi connectivity index (χ3v) is 4.39. The fourth-order valence-electron chi connectivity index (χ4n) is 2.62. The van der Waals surface area contributed by atoms with Crippen LogP contribution in [0.4, 0.5) is 4.79 Å². The highest BCUT2D eigenvalue weighted by Gasteiger charge is 2.39. The smallest absolute Gasteiger partial charge is 0.410 e. The third kappa shape index (κ3) is 4.22. The fourth-order valence-corrected chi connectivity index (χ4v) is 2.83. The van der Waals surface area contributed by atoms with E-state index in [1.54, 1.807) is 17.2 Å². The summed E-state index contributed by atoms with van der Waals surface area (Å²) >= 11 is 6.08. The molecule has 1 saturated heterocycles. The minimum absolute atomic E-state index is 0.00809. The van der Waals surface area contributed by atoms with Gasteiger partial charge in [0.15, 0.2) is 5.78 Å². The second-order valence-electron chi connectivity index (χ2n) is 7.21. The van der Waals surface area contributed by atoms with Gasteiger partial charge in [0.2, 0.25) is 0 Å². The number of piperidine rings is 1. The molecule has 0 saturated carbocycles. The van der Waals surface area contributed by atoms with Crippen molar-refractivity contribution in [2.75, 3.05) is 13.1 Å². The van der Waals surface area contributed by atoms with Crippen LogP contribution in [0, 0.1) is 5.41 Å². The number of nitrogens with zero attached hydrogens (tertiary/aromatic N) is 2. The largest absolute Gasteiger partial charge is 0.444 e. The number of aromatic nitrogens is 1. The SMILES string of the molecule is CC(C)(C)OC(=O)N1CCC(C)(C(=O)c2ccncc2Cl)CC1. The molecule has 0 aromatic carbocycles. The van der Waals surface area contributed by atoms with Gasteiger partial charge in [-0.05, 0) is 39.7 Å². The van der Waals surface area contributed by atoms with Crippen molar-refractivity contribution in [3.05, 3.63) is 29.0 Å². The predicted molar refractivity (Wildman–Crippen MR) is 88.7 cm³/mol. The quantitative estimate of drug-likeness (QED) is 0.766. The van der Waals surface area contributed by atoms with E-state index in [2.05, 4.69) is 4.98 Å². The minimum atomic E-state index is -0.524. The van der Waals surface area contributed by atoms with Crippen molar-refractivity contribution in [2.45, 2.75) is 46.1 Å². The molecule has 2 rings (SSSR count). The monoisotopic (exact) mass is 338 g/mol. The van der Waals surface area contributed by atoms with Crippen LogP contribution in [0.15, 0.2) is 18.5 Å². The molecule has 6 heteroatoms. The molecule has 1 amide bonds. The van der Waals surface area contributed by atoms with Gasteiger partial charge in [0.1, 0.15) is 5.60 Å². The molecule has 0 aliphatic carbocycles. The Morgan fingerprint density at radius 2 is 1.91 bits per heavy atom. The van der Waals surface area contributed by atoms with Gasteiger partial charge in [0.05, 0.1) is 5.02 Å². The van der Waals surface area contributed by atoms with E-state index in [0.717, 1.165) is 0 Å². The number of amides is 1. The first-order chi connectivity index (χ1) is 10.6. The Hall–Kier alpha value is -1.62. The van der Waals surface area contributed by atoms with Gasteiger partial charge in [0.25, 0.3) is 0 Å². The Bertz CT molecular complexity index is 602. The van der Waals surface area contributed by atoms with Gasteiger partial charge in [-0.3, -0.25) is 9.78 Å². The second-order valence-corrected chi connectivity index (χ2v) is 7.62. The Morgan fingerprint density at radius 3 is 2.43 bits per heavy atom. The van der Waals surface area contributed by atoms with Crippen LogP contribution in [0.2, 0.25) is 5.02 Å². The number of likely N-dealkylation sites (tertiary alicyclic amines) is 1. The van der Waals surface area contributed by atoms with Gasteiger partial charge in [-0.1, -0.05) is 18.5 Å². The summed E-state index contributed by atoms with van der Waals surface area (Å²) in [6.07, 6.45) is 3.90. The summed E-state index contributed by atoms with van der Waals surface area (Å²) in [5.41, 5.74) is -0.545. The summed E-state index contributed by atoms with van der Waals surface area (Å²) in [6.45, 7) is 8.45. The maximum absolute atomic E-state index is 12.8. The first kappa shape index (κ1) is 17.7. The van der Waals surface area contributed by atoms with Crippen molar-refractivity contribution in [3.8, 4) is 0 Å². The lowest BCUT2D eigenvalue weighted by molar-refractivity contribution is 0.0122. The number of ether oxygens (including phenoxy) is 1. The summed E-state index contributed by atoms with van der Waals surface area (Å²) < 4.78 is 5.38. The fraction of sp³-hybridized carbons (Fsp3) is 0.588. The van der Waals surface area contributed by atoms with Gasteiger partial charge in [0, 0.05) is 36.5 Å². The topological polar surface area (TPSA) is 59.5 Å². The van der Waals surface area contributed by atoms with E-state index in [1.807, 2.05) is 27.7 Å². The number of hydrogen-bond donors (Lipinski definition) is 0. The van der Waals surface area contributed by atoms with Crippen LogP contribution >= 0.6 is 11.6 Å². The lowest BCUT2D eigenvalue weighted by Gasteiger charge is -2.38. The third-order valence-electron chi connectivity index (χ3n) is 4.08. The van der Waals surface area contributed by atoms with E-state index in [-0.39, 0.29) is 11.9 Å². The molecule has 1 aromatic heterocycles. The first-order valence-electron chi connectivity index (χ1n) is 7.75. The first-order valence-corrected chi connectivity index (χ1v) is 8.12. The molecular formula is C17H23ClN2O3. The van der Waals surface area contributed by atoms with Crippen LogP contribution in [0.25, 0.3) is 0 Å². The Morgan fingerprint density at radius 1 is 1.30 bits per heavy atom. The Labute approximate surface area is 142 Å². The molecule has 1 aliphatic heterocycles. The highest BCUT2D eigenvalue weighted by atomic mass is 35.5. The predicted octanol–water partition coefficient (Wildman–Crippen LogP) is 3.95. The zero-order chi connectivity index (χ0) is 17.3. The zero-order valence-electron chi connectivity index (χ0n) is 14.1. The normalized spacial score (nSPS) is 17.7. The van der Waals surface area contributed by atoms with Gasteiger partial charge < -0.3 is 9.64 Å². The van der Waals surface area contributed by atoms with Gasteiger partial charge in [-0.25, -0.2) is 4.79 Å². The van der Waals surface area contributed by atoms with Crippen LogP contribution in [0.1, 0.15) is 50.9 Å². The summed E-state index contributed by atoms with van der Waals surface area (Å²) in [5, 5.41) is 0.369. The number of hydrogen-bond acceptors (Lipinski definition) is 4. The van der Waals surface area contributed by atoms with Crippen molar-refractivity contribution < 1.29 is 14.3 Å². The van der Waals surface area contributed by atoms with Crippen LogP contribution in [-0.4, -0.2) is 40.5 Å². The zero-order valence-corrected chi connectivity index (χ0v) is 14.8. The minimum Gasteiger partial charge on any atom is -0.444 e. The van der Waals surface area contributed by atoms with E-state index in [1.165, 1.54) is 6.20 Å². The van der Waals surface area contributed by atoms with Crippen molar-refractivity contribution in [1.82, 2.24) is 9.88 Å². The molecule has 1 fully saturated rings. The average molecular weight is 339 g/mol. The molecule has 2 heterocycles. The summed E-state index contributed by atoms with van der Waals surface area (Å²) in [6, 6.07) is 1.65. The van der Waals surface area contributed by atoms with Gasteiger partial charge in [-0.2, -0.15) is 0 Å². The lowest BCUT2D eigenvalue weighted by Crippen LogP contribution is -2.46. The Balaban J connectivity index is 2.04. The summed E-state index contributed by atoms with van der Waals surface area (Å²) in [5.74, 6) is 0.00809. The molecule has 23 heavy (non-hydrogen) atoms. The molecule has 0 radical (unpaired) electrons. The van der Waals surface area contributed by atoms with Gasteiger partial charge in [-0.15, -0.1) is 0 Å².